The second-order valence-corrected chi connectivity index (χ2v) is 7.16. The van der Waals surface area contributed by atoms with Gasteiger partial charge in [-0.25, -0.2) is 9.59 Å². The van der Waals surface area contributed by atoms with Gasteiger partial charge in [-0.2, -0.15) is 0 Å². The highest BCUT2D eigenvalue weighted by Crippen LogP contribution is 2.09. The van der Waals surface area contributed by atoms with Gasteiger partial charge in [-0.3, -0.25) is 0 Å². The molecule has 0 aliphatic rings. The Hall–Kier alpha value is -1.95. The topological polar surface area (TPSA) is 79.5 Å². The third kappa shape index (κ3) is 11.3. The first-order chi connectivity index (χ1) is 11.8. The van der Waals surface area contributed by atoms with Crippen molar-refractivity contribution in [2.45, 2.75) is 52.2 Å². The molecule has 0 saturated heterocycles. The van der Waals surface area contributed by atoms with Gasteiger partial charge in [0.2, 0.25) is 0 Å². The monoisotopic (exact) mass is 369 g/mol. The molecule has 0 aliphatic carbocycles. The van der Waals surface area contributed by atoms with E-state index >= 15 is 0 Å². The number of benzene rings is 1. The Morgan fingerprint density at radius 3 is 2.16 bits per heavy atom. The minimum Gasteiger partial charge on any atom is -0.444 e. The van der Waals surface area contributed by atoms with Crippen LogP contribution in [0.5, 0.6) is 0 Å². The van der Waals surface area contributed by atoms with Crippen LogP contribution in [-0.2, 0) is 11.3 Å². The van der Waals surface area contributed by atoms with Gasteiger partial charge in [0.15, 0.2) is 0 Å². The Bertz CT molecular complexity index is 541. The van der Waals surface area contributed by atoms with Gasteiger partial charge in [-0.15, -0.1) is 0 Å². The molecule has 6 nitrogen and oxygen atoms in total. The van der Waals surface area contributed by atoms with Crippen LogP contribution in [-0.4, -0.2) is 30.8 Å². The number of nitrogens with one attached hydrogen (secondary N) is 3. The Kier molecular flexibility index (Phi) is 9.13. The first kappa shape index (κ1) is 21.1. The SMILES string of the molecule is CC(C)(C)OC(=O)NCCCCCNC(=O)NCc1ccc(Cl)cc1. The van der Waals surface area contributed by atoms with E-state index in [1.165, 1.54) is 0 Å². The van der Waals surface area contributed by atoms with E-state index in [0.29, 0.717) is 24.7 Å². The molecule has 3 amide bonds. The van der Waals surface area contributed by atoms with E-state index in [9.17, 15) is 9.59 Å². The summed E-state index contributed by atoms with van der Waals surface area (Å²) in [5.41, 5.74) is 0.515. The smallest absolute Gasteiger partial charge is 0.407 e. The summed E-state index contributed by atoms with van der Waals surface area (Å²) in [5.74, 6) is 0. The lowest BCUT2D eigenvalue weighted by molar-refractivity contribution is 0.0527. The molecule has 0 aromatic heterocycles. The second kappa shape index (κ2) is 10.8. The van der Waals surface area contributed by atoms with Crippen LogP contribution >= 0.6 is 11.6 Å². The summed E-state index contributed by atoms with van der Waals surface area (Å²) in [7, 11) is 0. The molecule has 0 atom stereocenters. The zero-order valence-corrected chi connectivity index (χ0v) is 15.9. The number of ether oxygens (including phenoxy) is 1. The number of halogens is 1. The van der Waals surface area contributed by atoms with Crippen LogP contribution in [0.1, 0.15) is 45.6 Å². The lowest BCUT2D eigenvalue weighted by Gasteiger charge is -2.19. The van der Waals surface area contributed by atoms with E-state index in [4.69, 9.17) is 16.3 Å². The van der Waals surface area contributed by atoms with Crippen molar-refractivity contribution in [2.75, 3.05) is 13.1 Å². The average molecular weight is 370 g/mol. The van der Waals surface area contributed by atoms with Crippen molar-refractivity contribution < 1.29 is 14.3 Å². The Balaban J connectivity index is 1.99. The van der Waals surface area contributed by atoms with Crippen molar-refractivity contribution >= 4 is 23.7 Å². The molecule has 140 valence electrons. The number of alkyl carbamates (subject to hydrolysis) is 1. The third-order valence-corrected chi connectivity index (χ3v) is 3.43. The van der Waals surface area contributed by atoms with Crippen LogP contribution in [0.4, 0.5) is 9.59 Å². The summed E-state index contributed by atoms with van der Waals surface area (Å²) in [6.45, 7) is 7.11. The van der Waals surface area contributed by atoms with Crippen molar-refractivity contribution in [3.63, 3.8) is 0 Å². The zero-order valence-electron chi connectivity index (χ0n) is 15.2. The van der Waals surface area contributed by atoms with Crippen LogP contribution < -0.4 is 16.0 Å². The highest BCUT2D eigenvalue weighted by Gasteiger charge is 2.15. The molecule has 0 fully saturated rings. The van der Waals surface area contributed by atoms with E-state index in [2.05, 4.69) is 16.0 Å². The fourth-order valence-corrected chi connectivity index (χ4v) is 2.11. The number of hydrogen-bond acceptors (Lipinski definition) is 3. The molecule has 0 heterocycles. The summed E-state index contributed by atoms with van der Waals surface area (Å²) in [6, 6.07) is 7.14. The van der Waals surface area contributed by atoms with Gasteiger partial charge >= 0.3 is 12.1 Å². The number of carbonyl (C=O) groups excluding carboxylic acids is 2. The Morgan fingerprint density at radius 1 is 0.960 bits per heavy atom. The predicted molar refractivity (Wildman–Crippen MR) is 99.8 cm³/mol. The van der Waals surface area contributed by atoms with E-state index in [1.807, 2.05) is 32.9 Å². The maximum absolute atomic E-state index is 11.7. The highest BCUT2D eigenvalue weighted by atomic mass is 35.5. The second-order valence-electron chi connectivity index (χ2n) is 6.73. The lowest BCUT2D eigenvalue weighted by atomic mass is 10.2. The minimum atomic E-state index is -0.479. The maximum atomic E-state index is 11.7. The molecule has 0 saturated carbocycles. The van der Waals surface area contributed by atoms with E-state index < -0.39 is 11.7 Å². The molecular weight excluding hydrogens is 342 g/mol. The Morgan fingerprint density at radius 2 is 1.56 bits per heavy atom. The molecule has 3 N–H and O–H groups in total. The predicted octanol–water partition coefficient (Wildman–Crippen LogP) is 3.83. The Labute approximate surface area is 154 Å². The fraction of sp³-hybridized carbons (Fsp3) is 0.556. The van der Waals surface area contributed by atoms with Crippen molar-refractivity contribution in [1.29, 1.82) is 0 Å². The molecule has 7 heteroatoms. The van der Waals surface area contributed by atoms with Crippen molar-refractivity contribution in [1.82, 2.24) is 16.0 Å². The first-order valence-electron chi connectivity index (χ1n) is 8.49. The number of carbonyl (C=O) groups is 2. The zero-order chi connectivity index (χ0) is 18.7. The molecule has 1 aromatic rings. The molecule has 0 spiro atoms. The summed E-state index contributed by atoms with van der Waals surface area (Å²) >= 11 is 5.81. The van der Waals surface area contributed by atoms with Gasteiger partial charge < -0.3 is 20.7 Å². The van der Waals surface area contributed by atoms with Gasteiger partial charge in [0.1, 0.15) is 5.60 Å². The molecule has 0 unspecified atom stereocenters. The van der Waals surface area contributed by atoms with Crippen LogP contribution in [0.15, 0.2) is 24.3 Å². The van der Waals surface area contributed by atoms with E-state index in [1.54, 1.807) is 12.1 Å². The van der Waals surface area contributed by atoms with Crippen LogP contribution in [0.2, 0.25) is 5.02 Å². The van der Waals surface area contributed by atoms with Gasteiger partial charge in [-0.1, -0.05) is 23.7 Å². The van der Waals surface area contributed by atoms with Gasteiger partial charge in [0.25, 0.3) is 0 Å². The molecular formula is C18H28ClN3O3. The van der Waals surface area contributed by atoms with Gasteiger partial charge in [0.05, 0.1) is 0 Å². The summed E-state index contributed by atoms with van der Waals surface area (Å²) < 4.78 is 5.14. The standard InChI is InChI=1S/C18H28ClN3O3/c1-18(2,3)25-17(24)21-12-6-4-5-11-20-16(23)22-13-14-7-9-15(19)10-8-14/h7-10H,4-6,11-13H2,1-3H3,(H,21,24)(H2,20,22,23). The minimum absolute atomic E-state index is 0.193. The third-order valence-electron chi connectivity index (χ3n) is 3.17. The number of urea groups is 1. The first-order valence-corrected chi connectivity index (χ1v) is 8.87. The van der Waals surface area contributed by atoms with E-state index in [0.717, 1.165) is 24.8 Å². The number of amides is 3. The largest absolute Gasteiger partial charge is 0.444 e. The van der Waals surface area contributed by atoms with Crippen molar-refractivity contribution in [3.05, 3.63) is 34.9 Å². The number of hydrogen-bond donors (Lipinski definition) is 3. The van der Waals surface area contributed by atoms with Crippen molar-refractivity contribution in [3.8, 4) is 0 Å². The quantitative estimate of drug-likeness (QED) is 0.609. The number of rotatable bonds is 8. The maximum Gasteiger partial charge on any atom is 0.407 e. The lowest BCUT2D eigenvalue weighted by Crippen LogP contribution is -2.35. The normalized spacial score (nSPS) is 10.9. The number of unbranched alkanes of at least 4 members (excludes halogenated alkanes) is 2. The molecule has 1 rings (SSSR count). The fourth-order valence-electron chi connectivity index (χ4n) is 1.98. The molecule has 0 radical (unpaired) electrons. The molecule has 1 aromatic carbocycles. The van der Waals surface area contributed by atoms with Crippen LogP contribution in [0.25, 0.3) is 0 Å². The average Bonchev–Trinajstić information content (AvgIpc) is 2.51. The highest BCUT2D eigenvalue weighted by molar-refractivity contribution is 6.30. The summed E-state index contributed by atoms with van der Waals surface area (Å²) in [6.07, 6.45) is 2.21. The summed E-state index contributed by atoms with van der Waals surface area (Å²) in [4.78, 5) is 23.1. The molecule has 0 aliphatic heterocycles. The van der Waals surface area contributed by atoms with Crippen LogP contribution in [0, 0.1) is 0 Å². The van der Waals surface area contributed by atoms with E-state index in [-0.39, 0.29) is 6.03 Å². The van der Waals surface area contributed by atoms with Crippen molar-refractivity contribution in [2.24, 2.45) is 0 Å². The van der Waals surface area contributed by atoms with Crippen LogP contribution in [0.3, 0.4) is 0 Å². The summed E-state index contributed by atoms with van der Waals surface area (Å²) in [5, 5.41) is 8.98. The van der Waals surface area contributed by atoms with Gasteiger partial charge in [0, 0.05) is 24.7 Å². The van der Waals surface area contributed by atoms with Gasteiger partial charge in [-0.05, 0) is 57.7 Å². The molecule has 25 heavy (non-hydrogen) atoms. The molecule has 0 bridgehead atoms.